The molecule has 0 bridgehead atoms. The SMILES string of the molecule is O=C(Cc1ccc([N+](=O)[O-])cc1)NNc1ncnc(Nc2ccncc2)c1[N+](=O)[O-]. The minimum atomic E-state index is -0.686. The molecule has 13 heteroatoms. The summed E-state index contributed by atoms with van der Waals surface area (Å²) in [6.07, 6.45) is 4.01. The van der Waals surface area contributed by atoms with Crippen molar-refractivity contribution in [3.63, 3.8) is 0 Å². The van der Waals surface area contributed by atoms with Gasteiger partial charge >= 0.3 is 5.69 Å². The van der Waals surface area contributed by atoms with Gasteiger partial charge < -0.3 is 5.32 Å². The Labute approximate surface area is 168 Å². The Morgan fingerprint density at radius 2 is 1.60 bits per heavy atom. The first-order valence-electron chi connectivity index (χ1n) is 8.38. The Balaban J connectivity index is 1.69. The standard InChI is InChI=1S/C17H14N8O5/c26-14(9-11-1-3-13(4-2-11)24(27)28)22-23-17-15(25(29)30)16(19-10-20-17)21-12-5-7-18-8-6-12/h1-8,10H,9H2,(H,22,26)(H2,18,19,20,21,23). The molecule has 13 nitrogen and oxygen atoms in total. The van der Waals surface area contributed by atoms with Crippen LogP contribution in [-0.2, 0) is 11.2 Å². The van der Waals surface area contributed by atoms with E-state index in [1.165, 1.54) is 36.7 Å². The van der Waals surface area contributed by atoms with Crippen molar-refractivity contribution in [3.05, 3.63) is 80.9 Å². The molecule has 0 aliphatic carbocycles. The molecular weight excluding hydrogens is 396 g/mol. The van der Waals surface area contributed by atoms with Gasteiger partial charge in [0.1, 0.15) is 6.33 Å². The van der Waals surface area contributed by atoms with E-state index in [0.29, 0.717) is 11.3 Å². The van der Waals surface area contributed by atoms with E-state index in [2.05, 4.69) is 31.1 Å². The van der Waals surface area contributed by atoms with Crippen molar-refractivity contribution < 1.29 is 14.6 Å². The topological polar surface area (TPSA) is 178 Å². The molecule has 0 unspecified atom stereocenters. The quantitative estimate of drug-likeness (QED) is 0.368. The van der Waals surface area contributed by atoms with E-state index in [0.717, 1.165) is 6.33 Å². The molecule has 3 N–H and O–H groups in total. The normalized spacial score (nSPS) is 10.1. The lowest BCUT2D eigenvalue weighted by molar-refractivity contribution is -0.384. The first-order valence-corrected chi connectivity index (χ1v) is 8.38. The molecule has 152 valence electrons. The van der Waals surface area contributed by atoms with Crippen LogP contribution in [-0.4, -0.2) is 30.7 Å². The number of aromatic nitrogens is 3. The van der Waals surface area contributed by atoms with E-state index in [1.54, 1.807) is 12.1 Å². The molecule has 0 saturated carbocycles. The number of rotatable bonds is 8. The Morgan fingerprint density at radius 1 is 0.933 bits per heavy atom. The van der Waals surface area contributed by atoms with Crippen LogP contribution in [0.3, 0.4) is 0 Å². The third kappa shape index (κ3) is 4.98. The number of benzene rings is 1. The maximum absolute atomic E-state index is 12.1. The largest absolute Gasteiger partial charge is 0.355 e. The third-order valence-corrected chi connectivity index (χ3v) is 3.78. The van der Waals surface area contributed by atoms with E-state index in [-0.39, 0.29) is 23.7 Å². The number of pyridine rings is 1. The second-order valence-corrected chi connectivity index (χ2v) is 5.81. The van der Waals surface area contributed by atoms with E-state index in [9.17, 15) is 25.0 Å². The highest BCUT2D eigenvalue weighted by atomic mass is 16.6. The monoisotopic (exact) mass is 410 g/mol. The number of carbonyl (C=O) groups is 1. The zero-order valence-corrected chi connectivity index (χ0v) is 15.2. The van der Waals surface area contributed by atoms with Gasteiger partial charge in [0.25, 0.3) is 5.69 Å². The number of anilines is 3. The smallest absolute Gasteiger partial charge is 0.334 e. The van der Waals surface area contributed by atoms with Crippen molar-refractivity contribution in [1.82, 2.24) is 20.4 Å². The molecule has 3 aromatic rings. The van der Waals surface area contributed by atoms with Crippen LogP contribution in [0.15, 0.2) is 55.1 Å². The van der Waals surface area contributed by atoms with E-state index >= 15 is 0 Å². The van der Waals surface area contributed by atoms with Gasteiger partial charge in [0, 0.05) is 30.2 Å². The Bertz CT molecular complexity index is 1080. The van der Waals surface area contributed by atoms with Crippen molar-refractivity contribution in [2.45, 2.75) is 6.42 Å². The lowest BCUT2D eigenvalue weighted by atomic mass is 10.1. The molecule has 3 rings (SSSR count). The fourth-order valence-corrected chi connectivity index (χ4v) is 2.40. The zero-order chi connectivity index (χ0) is 21.5. The predicted octanol–water partition coefficient (Wildman–Crippen LogP) is 2.12. The van der Waals surface area contributed by atoms with Crippen LogP contribution >= 0.6 is 0 Å². The van der Waals surface area contributed by atoms with E-state index in [1.807, 2.05) is 0 Å². The van der Waals surface area contributed by atoms with Crippen LogP contribution in [0.5, 0.6) is 0 Å². The third-order valence-electron chi connectivity index (χ3n) is 3.78. The minimum absolute atomic E-state index is 0.0756. The molecule has 0 atom stereocenters. The lowest BCUT2D eigenvalue weighted by Crippen LogP contribution is -2.31. The molecule has 2 aromatic heterocycles. The van der Waals surface area contributed by atoms with Crippen LogP contribution in [0.4, 0.5) is 28.7 Å². The van der Waals surface area contributed by atoms with Crippen molar-refractivity contribution in [1.29, 1.82) is 0 Å². The predicted molar refractivity (Wildman–Crippen MR) is 105 cm³/mol. The van der Waals surface area contributed by atoms with Crippen molar-refractivity contribution in [2.24, 2.45) is 0 Å². The fraction of sp³-hybridized carbons (Fsp3) is 0.0588. The lowest BCUT2D eigenvalue weighted by Gasteiger charge is -2.11. The number of nitro groups is 2. The Hall–Kier alpha value is -4.68. The van der Waals surface area contributed by atoms with Gasteiger partial charge in [-0.1, -0.05) is 12.1 Å². The van der Waals surface area contributed by atoms with Gasteiger partial charge in [-0.25, -0.2) is 9.97 Å². The molecule has 0 aliphatic heterocycles. The summed E-state index contributed by atoms with van der Waals surface area (Å²) in [4.78, 5) is 44.6. The molecule has 2 heterocycles. The molecule has 30 heavy (non-hydrogen) atoms. The summed E-state index contributed by atoms with van der Waals surface area (Å²) in [6, 6.07) is 8.66. The number of nitro benzene ring substituents is 1. The number of carbonyl (C=O) groups excluding carboxylic acids is 1. The number of nitrogens with zero attached hydrogens (tertiary/aromatic N) is 5. The summed E-state index contributed by atoms with van der Waals surface area (Å²) in [5.41, 5.74) is 5.22. The minimum Gasteiger partial charge on any atom is -0.334 e. The molecule has 0 spiro atoms. The van der Waals surface area contributed by atoms with Gasteiger partial charge in [0.2, 0.25) is 17.5 Å². The first-order chi connectivity index (χ1) is 14.4. The molecule has 1 amide bonds. The van der Waals surface area contributed by atoms with Crippen LogP contribution in [0.2, 0.25) is 0 Å². The van der Waals surface area contributed by atoms with Crippen LogP contribution in [0, 0.1) is 20.2 Å². The zero-order valence-electron chi connectivity index (χ0n) is 15.2. The highest BCUT2D eigenvalue weighted by Crippen LogP contribution is 2.30. The van der Waals surface area contributed by atoms with Gasteiger partial charge in [-0.2, -0.15) is 0 Å². The van der Waals surface area contributed by atoms with Gasteiger partial charge in [0.05, 0.1) is 16.3 Å². The maximum atomic E-state index is 12.1. The number of hydrogen-bond acceptors (Lipinski definition) is 10. The van der Waals surface area contributed by atoms with Gasteiger partial charge in [0.15, 0.2) is 0 Å². The summed E-state index contributed by atoms with van der Waals surface area (Å²) < 4.78 is 0. The van der Waals surface area contributed by atoms with Gasteiger partial charge in [-0.15, -0.1) is 0 Å². The fourth-order valence-electron chi connectivity index (χ4n) is 2.40. The summed E-state index contributed by atoms with van der Waals surface area (Å²) in [7, 11) is 0. The number of non-ortho nitro benzene ring substituents is 1. The van der Waals surface area contributed by atoms with Crippen LogP contribution in [0.1, 0.15) is 5.56 Å². The average molecular weight is 410 g/mol. The van der Waals surface area contributed by atoms with Crippen molar-refractivity contribution in [2.75, 3.05) is 10.7 Å². The number of nitrogens with one attached hydrogen (secondary N) is 3. The molecule has 0 aliphatic rings. The molecule has 0 saturated heterocycles. The summed E-state index contributed by atoms with van der Waals surface area (Å²) >= 11 is 0. The second kappa shape index (κ2) is 9.01. The van der Waals surface area contributed by atoms with E-state index in [4.69, 9.17) is 0 Å². The Kier molecular flexibility index (Phi) is 6.02. The van der Waals surface area contributed by atoms with Gasteiger partial charge in [-0.3, -0.25) is 40.9 Å². The average Bonchev–Trinajstić information content (AvgIpc) is 2.73. The van der Waals surface area contributed by atoms with Crippen molar-refractivity contribution in [3.8, 4) is 0 Å². The number of amides is 1. The number of hydrogen-bond donors (Lipinski definition) is 3. The van der Waals surface area contributed by atoms with Gasteiger partial charge in [-0.05, 0) is 17.7 Å². The highest BCUT2D eigenvalue weighted by molar-refractivity contribution is 5.81. The molecule has 1 aromatic carbocycles. The summed E-state index contributed by atoms with van der Waals surface area (Å²) in [5, 5.41) is 25.0. The molecular formula is C17H14N8O5. The second-order valence-electron chi connectivity index (χ2n) is 5.81. The van der Waals surface area contributed by atoms with Crippen LogP contribution < -0.4 is 16.2 Å². The molecule has 0 radical (unpaired) electrons. The first kappa shape index (κ1) is 20.1. The highest BCUT2D eigenvalue weighted by Gasteiger charge is 2.23. The molecule has 0 fully saturated rings. The summed E-state index contributed by atoms with van der Waals surface area (Å²) in [6.45, 7) is 0. The maximum Gasteiger partial charge on any atom is 0.355 e. The van der Waals surface area contributed by atoms with Crippen LogP contribution in [0.25, 0.3) is 0 Å². The number of hydrazine groups is 1. The van der Waals surface area contributed by atoms with E-state index < -0.39 is 21.4 Å². The summed E-state index contributed by atoms with van der Waals surface area (Å²) in [5.74, 6) is -0.822. The van der Waals surface area contributed by atoms with Crippen molar-refractivity contribution >= 4 is 34.6 Å². The Morgan fingerprint density at radius 3 is 2.23 bits per heavy atom.